The zero-order valence-electron chi connectivity index (χ0n) is 14.9. The number of hydrogen-bond acceptors (Lipinski definition) is 6. The van der Waals surface area contributed by atoms with Gasteiger partial charge in [0.2, 0.25) is 0 Å². The smallest absolute Gasteiger partial charge is 0.171 e. The van der Waals surface area contributed by atoms with Crippen molar-refractivity contribution in [2.45, 2.75) is 45.3 Å². The molecule has 0 bridgehead atoms. The molecule has 6 heteroatoms. The maximum atomic E-state index is 6.34. The molecular formula is C19H26N4O2. The maximum Gasteiger partial charge on any atom is 0.171 e. The van der Waals surface area contributed by atoms with E-state index in [1.54, 1.807) is 6.26 Å². The predicted octanol–water partition coefficient (Wildman–Crippen LogP) is 2.89. The van der Waals surface area contributed by atoms with Gasteiger partial charge in [0.1, 0.15) is 12.4 Å². The molecule has 0 N–H and O–H groups in total. The molecule has 4 heterocycles. The third kappa shape index (κ3) is 3.63. The number of ether oxygens (including phenoxy) is 1. The van der Waals surface area contributed by atoms with Gasteiger partial charge in [-0.3, -0.25) is 4.90 Å². The van der Waals surface area contributed by atoms with Crippen LogP contribution in [0.1, 0.15) is 37.4 Å². The molecule has 2 aliphatic rings. The van der Waals surface area contributed by atoms with Gasteiger partial charge in [-0.1, -0.05) is 12.1 Å². The minimum absolute atomic E-state index is 0.218. The van der Waals surface area contributed by atoms with Gasteiger partial charge >= 0.3 is 0 Å². The number of rotatable bonds is 6. The molecule has 0 spiro atoms. The first-order valence-electron chi connectivity index (χ1n) is 9.34. The Hall–Kier alpha value is -2.08. The van der Waals surface area contributed by atoms with Crippen LogP contribution in [0.5, 0.6) is 5.75 Å². The van der Waals surface area contributed by atoms with E-state index in [9.17, 15) is 0 Å². The van der Waals surface area contributed by atoms with Gasteiger partial charge < -0.3 is 14.2 Å². The van der Waals surface area contributed by atoms with Gasteiger partial charge in [-0.2, -0.15) is 0 Å². The molecule has 0 radical (unpaired) electrons. The Kier molecular flexibility index (Phi) is 4.88. The van der Waals surface area contributed by atoms with Crippen molar-refractivity contribution < 1.29 is 9.26 Å². The molecule has 134 valence electrons. The monoisotopic (exact) mass is 342 g/mol. The lowest BCUT2D eigenvalue weighted by Gasteiger charge is -2.22. The van der Waals surface area contributed by atoms with Crippen LogP contribution in [0.25, 0.3) is 0 Å². The fourth-order valence-electron chi connectivity index (χ4n) is 3.80. The fourth-order valence-corrected chi connectivity index (χ4v) is 3.80. The Balaban J connectivity index is 1.38. The summed E-state index contributed by atoms with van der Waals surface area (Å²) < 4.78 is 11.5. The Morgan fingerprint density at radius 3 is 3.00 bits per heavy atom. The summed E-state index contributed by atoms with van der Waals surface area (Å²) in [5.74, 6) is 1.93. The number of nitrogens with zero attached hydrogens (tertiary/aromatic N) is 4. The van der Waals surface area contributed by atoms with Crippen LogP contribution in [0.2, 0.25) is 0 Å². The Morgan fingerprint density at radius 2 is 2.16 bits per heavy atom. The molecule has 1 unspecified atom stereocenters. The van der Waals surface area contributed by atoms with Crippen LogP contribution in [0, 0.1) is 0 Å². The summed E-state index contributed by atoms with van der Waals surface area (Å²) in [6, 6.07) is 4.02. The van der Waals surface area contributed by atoms with E-state index in [0.717, 1.165) is 62.8 Å². The molecule has 2 fully saturated rings. The van der Waals surface area contributed by atoms with E-state index in [1.807, 2.05) is 12.3 Å². The lowest BCUT2D eigenvalue weighted by molar-refractivity contribution is 0.198. The molecule has 0 aromatic carbocycles. The van der Waals surface area contributed by atoms with Crippen molar-refractivity contribution in [1.29, 1.82) is 0 Å². The highest BCUT2D eigenvalue weighted by molar-refractivity contribution is 5.52. The molecule has 25 heavy (non-hydrogen) atoms. The van der Waals surface area contributed by atoms with Gasteiger partial charge in [-0.25, -0.2) is 4.98 Å². The van der Waals surface area contributed by atoms with E-state index in [0.29, 0.717) is 0 Å². The molecular weight excluding hydrogens is 316 g/mol. The van der Waals surface area contributed by atoms with Crippen molar-refractivity contribution in [1.82, 2.24) is 15.0 Å². The van der Waals surface area contributed by atoms with Gasteiger partial charge in [-0.05, 0) is 37.8 Å². The standard InChI is InChI=1S/C19H26N4O2/c1-2-17-15(14-24-21-17)12-22-11-7-16(13-22)25-18-6-5-8-20-19(18)23-9-3-4-10-23/h5-6,8,14,16H,2-4,7,9-13H2,1H3. The topological polar surface area (TPSA) is 54.6 Å². The molecule has 0 aliphatic carbocycles. The largest absolute Gasteiger partial charge is 0.485 e. The summed E-state index contributed by atoms with van der Waals surface area (Å²) in [6.45, 7) is 7.13. The van der Waals surface area contributed by atoms with Crippen LogP contribution in [0.4, 0.5) is 5.82 Å². The number of anilines is 1. The lowest BCUT2D eigenvalue weighted by Crippen LogP contribution is -2.26. The third-order valence-electron chi connectivity index (χ3n) is 5.14. The Morgan fingerprint density at radius 1 is 1.28 bits per heavy atom. The van der Waals surface area contributed by atoms with Crippen LogP contribution in [-0.2, 0) is 13.0 Å². The Labute approximate surface area is 148 Å². The molecule has 2 saturated heterocycles. The minimum atomic E-state index is 0.218. The number of aromatic nitrogens is 2. The van der Waals surface area contributed by atoms with Crippen LogP contribution in [0.15, 0.2) is 29.1 Å². The molecule has 2 aromatic rings. The van der Waals surface area contributed by atoms with Crippen LogP contribution < -0.4 is 9.64 Å². The number of hydrogen-bond donors (Lipinski definition) is 0. The lowest BCUT2D eigenvalue weighted by atomic mass is 10.2. The quantitative estimate of drug-likeness (QED) is 0.805. The first kappa shape index (κ1) is 16.4. The molecule has 6 nitrogen and oxygen atoms in total. The van der Waals surface area contributed by atoms with E-state index in [4.69, 9.17) is 9.26 Å². The van der Waals surface area contributed by atoms with Crippen molar-refractivity contribution in [3.8, 4) is 5.75 Å². The van der Waals surface area contributed by atoms with E-state index in [2.05, 4.69) is 32.9 Å². The number of pyridine rings is 1. The predicted molar refractivity (Wildman–Crippen MR) is 95.9 cm³/mol. The Bertz CT molecular complexity index is 696. The molecule has 2 aromatic heterocycles. The highest BCUT2D eigenvalue weighted by Crippen LogP contribution is 2.30. The number of likely N-dealkylation sites (tertiary alicyclic amines) is 1. The van der Waals surface area contributed by atoms with E-state index >= 15 is 0 Å². The summed E-state index contributed by atoms with van der Waals surface area (Å²) in [5, 5.41) is 4.07. The highest BCUT2D eigenvalue weighted by Gasteiger charge is 2.27. The second-order valence-electron chi connectivity index (χ2n) is 6.92. The van der Waals surface area contributed by atoms with Crippen molar-refractivity contribution >= 4 is 5.82 Å². The molecule has 4 rings (SSSR count). The molecule has 0 saturated carbocycles. The summed E-state index contributed by atoms with van der Waals surface area (Å²) in [4.78, 5) is 9.33. The summed E-state index contributed by atoms with van der Waals surface area (Å²) >= 11 is 0. The van der Waals surface area contributed by atoms with Crippen LogP contribution >= 0.6 is 0 Å². The van der Waals surface area contributed by atoms with Gasteiger partial charge in [0, 0.05) is 44.5 Å². The average Bonchev–Trinajstić information content (AvgIpc) is 3.38. The molecule has 0 amide bonds. The first-order chi connectivity index (χ1) is 12.3. The van der Waals surface area contributed by atoms with E-state index in [-0.39, 0.29) is 6.10 Å². The second kappa shape index (κ2) is 7.44. The zero-order chi connectivity index (χ0) is 17.1. The first-order valence-corrected chi connectivity index (χ1v) is 9.34. The van der Waals surface area contributed by atoms with Crippen molar-refractivity contribution in [3.63, 3.8) is 0 Å². The normalized spacial score (nSPS) is 21.2. The maximum absolute atomic E-state index is 6.34. The van der Waals surface area contributed by atoms with Crippen LogP contribution in [0.3, 0.4) is 0 Å². The SMILES string of the molecule is CCc1nocc1CN1CCC(Oc2cccnc2N2CCCC2)C1. The summed E-state index contributed by atoms with van der Waals surface area (Å²) in [5.41, 5.74) is 2.26. The molecule has 1 atom stereocenters. The van der Waals surface area contributed by atoms with Crippen molar-refractivity contribution in [3.05, 3.63) is 35.9 Å². The van der Waals surface area contributed by atoms with Gasteiger partial charge in [-0.15, -0.1) is 0 Å². The zero-order valence-corrected chi connectivity index (χ0v) is 14.9. The number of aryl methyl sites for hydroxylation is 1. The summed E-state index contributed by atoms with van der Waals surface area (Å²) in [6.07, 6.45) is 8.29. The van der Waals surface area contributed by atoms with Crippen molar-refractivity contribution in [2.75, 3.05) is 31.1 Å². The molecule has 2 aliphatic heterocycles. The fraction of sp³-hybridized carbons (Fsp3) is 0.579. The van der Waals surface area contributed by atoms with E-state index in [1.165, 1.54) is 18.4 Å². The summed E-state index contributed by atoms with van der Waals surface area (Å²) in [7, 11) is 0. The highest BCUT2D eigenvalue weighted by atomic mass is 16.5. The van der Waals surface area contributed by atoms with Crippen molar-refractivity contribution in [2.24, 2.45) is 0 Å². The van der Waals surface area contributed by atoms with Gasteiger partial charge in [0.05, 0.1) is 5.69 Å². The van der Waals surface area contributed by atoms with Crippen LogP contribution in [-0.4, -0.2) is 47.3 Å². The second-order valence-corrected chi connectivity index (χ2v) is 6.92. The average molecular weight is 342 g/mol. The van der Waals surface area contributed by atoms with Gasteiger partial charge in [0.25, 0.3) is 0 Å². The third-order valence-corrected chi connectivity index (χ3v) is 5.14. The minimum Gasteiger partial charge on any atom is -0.485 e. The van der Waals surface area contributed by atoms with Gasteiger partial charge in [0.15, 0.2) is 11.6 Å². The van der Waals surface area contributed by atoms with E-state index < -0.39 is 0 Å².